The first-order valence-electron chi connectivity index (χ1n) is 6.56. The van der Waals surface area contributed by atoms with Gasteiger partial charge >= 0.3 is 0 Å². The predicted molar refractivity (Wildman–Crippen MR) is 96.9 cm³/mol. The molecule has 0 saturated heterocycles. The van der Waals surface area contributed by atoms with Crippen molar-refractivity contribution in [2.24, 2.45) is 0 Å². The van der Waals surface area contributed by atoms with Gasteiger partial charge in [-0.15, -0.1) is 11.3 Å². The van der Waals surface area contributed by atoms with Crippen molar-refractivity contribution in [3.8, 4) is 11.3 Å². The summed E-state index contributed by atoms with van der Waals surface area (Å²) in [5.41, 5.74) is 0.704. The highest BCUT2D eigenvalue weighted by Crippen LogP contribution is 2.34. The lowest BCUT2D eigenvalue weighted by Crippen LogP contribution is -1.88. The first-order chi connectivity index (χ1) is 11.0. The molecule has 2 nitrogen and oxygen atoms in total. The van der Waals surface area contributed by atoms with E-state index in [4.69, 9.17) is 39.2 Å². The number of hydrogen-bond donors (Lipinski definition) is 0. The van der Waals surface area contributed by atoms with Crippen LogP contribution in [0.4, 0.5) is 0 Å². The Balaban J connectivity index is 1.81. The minimum Gasteiger partial charge on any atom is -0.457 e. The van der Waals surface area contributed by atoms with Crippen molar-refractivity contribution in [3.63, 3.8) is 0 Å². The van der Waals surface area contributed by atoms with Gasteiger partial charge in [-0.3, -0.25) is 4.79 Å². The summed E-state index contributed by atoms with van der Waals surface area (Å²) in [6.45, 7) is 0. The third kappa shape index (κ3) is 3.70. The second-order valence-corrected chi connectivity index (χ2v) is 7.10. The van der Waals surface area contributed by atoms with Crippen molar-refractivity contribution in [1.82, 2.24) is 0 Å². The molecule has 3 rings (SSSR count). The third-order valence-corrected chi connectivity index (χ3v) is 5.12. The Hall–Kier alpha value is -1.52. The van der Waals surface area contributed by atoms with Crippen LogP contribution in [-0.2, 0) is 0 Å². The third-order valence-electron chi connectivity index (χ3n) is 3.06. The highest BCUT2D eigenvalue weighted by Gasteiger charge is 2.10. The summed E-state index contributed by atoms with van der Waals surface area (Å²) in [6, 6.07) is 12.3. The number of carbonyl (C=O) groups excluding carboxylic acids is 1. The zero-order chi connectivity index (χ0) is 16.4. The van der Waals surface area contributed by atoms with Gasteiger partial charge in [0.05, 0.1) is 19.3 Å². The van der Waals surface area contributed by atoms with E-state index in [0.717, 1.165) is 0 Å². The van der Waals surface area contributed by atoms with E-state index in [9.17, 15) is 4.79 Å². The van der Waals surface area contributed by atoms with Crippen molar-refractivity contribution in [3.05, 3.63) is 73.6 Å². The molecule has 2 aromatic heterocycles. The molecule has 1 aromatic carbocycles. The molecular weight excluding hydrogens is 375 g/mol. The summed E-state index contributed by atoms with van der Waals surface area (Å²) >= 11 is 19.2. The van der Waals surface area contributed by atoms with Crippen LogP contribution in [0.2, 0.25) is 14.4 Å². The quantitative estimate of drug-likeness (QED) is 0.363. The Morgan fingerprint density at radius 2 is 1.87 bits per heavy atom. The van der Waals surface area contributed by atoms with E-state index in [2.05, 4.69) is 0 Å². The molecule has 0 atom stereocenters. The summed E-state index contributed by atoms with van der Waals surface area (Å²) in [5.74, 6) is 1.01. The molecule has 0 unspecified atom stereocenters. The van der Waals surface area contributed by atoms with Crippen molar-refractivity contribution >= 4 is 58.0 Å². The monoisotopic (exact) mass is 382 g/mol. The lowest BCUT2D eigenvalue weighted by atomic mass is 10.2. The summed E-state index contributed by atoms with van der Waals surface area (Å²) < 4.78 is 6.27. The molecule has 0 radical (unpaired) electrons. The summed E-state index contributed by atoms with van der Waals surface area (Å²) in [4.78, 5) is 12.6. The SMILES string of the molecule is O=C(/C=C/c1ccc(-c2cccc(Cl)c2Cl)o1)c1ccc(Cl)s1. The van der Waals surface area contributed by atoms with Crippen LogP contribution in [0.3, 0.4) is 0 Å². The second kappa shape index (κ2) is 6.93. The maximum absolute atomic E-state index is 12.0. The first kappa shape index (κ1) is 16.3. The molecule has 2 heterocycles. The van der Waals surface area contributed by atoms with Gasteiger partial charge in [0.2, 0.25) is 0 Å². The number of carbonyl (C=O) groups is 1. The number of hydrogen-bond acceptors (Lipinski definition) is 3. The molecule has 0 fully saturated rings. The maximum atomic E-state index is 12.0. The molecule has 116 valence electrons. The van der Waals surface area contributed by atoms with Crippen LogP contribution in [0.25, 0.3) is 17.4 Å². The van der Waals surface area contributed by atoms with Gasteiger partial charge in [-0.25, -0.2) is 0 Å². The number of rotatable bonds is 4. The van der Waals surface area contributed by atoms with E-state index < -0.39 is 0 Å². The Bertz CT molecular complexity index is 893. The Labute approximate surface area is 151 Å². The zero-order valence-corrected chi connectivity index (χ0v) is 14.6. The minimum absolute atomic E-state index is 0.124. The van der Waals surface area contributed by atoms with Crippen LogP contribution >= 0.6 is 46.1 Å². The fourth-order valence-electron chi connectivity index (χ4n) is 1.97. The van der Waals surface area contributed by atoms with Gasteiger partial charge in [0, 0.05) is 5.56 Å². The van der Waals surface area contributed by atoms with E-state index in [1.165, 1.54) is 17.4 Å². The standard InChI is InChI=1S/C17H9Cl3O2S/c18-12-3-1-2-11(17(12)20)14-7-5-10(22-14)4-6-13(21)15-8-9-16(19)23-15/h1-9H/b6-4+. The van der Waals surface area contributed by atoms with Gasteiger partial charge in [-0.05, 0) is 48.6 Å². The van der Waals surface area contributed by atoms with Gasteiger partial charge in [0.25, 0.3) is 0 Å². The normalized spacial score (nSPS) is 11.3. The first-order valence-corrected chi connectivity index (χ1v) is 8.51. The van der Waals surface area contributed by atoms with E-state index in [1.807, 2.05) is 6.07 Å². The maximum Gasteiger partial charge on any atom is 0.195 e. The fraction of sp³-hybridized carbons (Fsp3) is 0. The molecule has 0 aliphatic carbocycles. The molecule has 23 heavy (non-hydrogen) atoms. The van der Waals surface area contributed by atoms with E-state index >= 15 is 0 Å². The fourth-order valence-corrected chi connectivity index (χ4v) is 3.32. The molecule has 0 aliphatic rings. The molecule has 0 bridgehead atoms. The average molecular weight is 384 g/mol. The van der Waals surface area contributed by atoms with Gasteiger partial charge < -0.3 is 4.42 Å². The predicted octanol–water partition coefficient (Wildman–Crippen LogP) is 6.86. The minimum atomic E-state index is -0.124. The summed E-state index contributed by atoms with van der Waals surface area (Å²) in [5, 5.41) is 0.894. The Morgan fingerprint density at radius 1 is 1.04 bits per heavy atom. The summed E-state index contributed by atoms with van der Waals surface area (Å²) in [6.07, 6.45) is 3.06. The molecule has 0 saturated carbocycles. The average Bonchev–Trinajstić information content (AvgIpc) is 3.17. The topological polar surface area (TPSA) is 30.2 Å². The number of allylic oxidation sites excluding steroid dienone is 1. The van der Waals surface area contributed by atoms with Crippen molar-refractivity contribution in [2.45, 2.75) is 0 Å². The number of halogens is 3. The van der Waals surface area contributed by atoms with E-state index in [1.54, 1.807) is 42.5 Å². The van der Waals surface area contributed by atoms with Crippen LogP contribution in [0.15, 0.2) is 53.0 Å². The molecule has 0 spiro atoms. The molecule has 0 aliphatic heterocycles. The summed E-state index contributed by atoms with van der Waals surface area (Å²) in [7, 11) is 0. The molecule has 3 aromatic rings. The molecule has 0 N–H and O–H groups in total. The van der Waals surface area contributed by atoms with Gasteiger partial charge in [-0.2, -0.15) is 0 Å². The number of benzene rings is 1. The zero-order valence-electron chi connectivity index (χ0n) is 11.6. The van der Waals surface area contributed by atoms with Crippen molar-refractivity contribution in [2.75, 3.05) is 0 Å². The molecule has 6 heteroatoms. The smallest absolute Gasteiger partial charge is 0.195 e. The van der Waals surface area contributed by atoms with E-state index in [-0.39, 0.29) is 5.78 Å². The van der Waals surface area contributed by atoms with Crippen molar-refractivity contribution in [1.29, 1.82) is 0 Å². The Morgan fingerprint density at radius 3 is 2.61 bits per heavy atom. The lowest BCUT2D eigenvalue weighted by Gasteiger charge is -2.01. The Kier molecular flexibility index (Phi) is 4.93. The van der Waals surface area contributed by atoms with Crippen LogP contribution in [0, 0.1) is 0 Å². The second-order valence-electron chi connectivity index (χ2n) is 4.60. The van der Waals surface area contributed by atoms with Gasteiger partial charge in [0.1, 0.15) is 11.5 Å². The highest BCUT2D eigenvalue weighted by atomic mass is 35.5. The number of ketones is 1. The van der Waals surface area contributed by atoms with Crippen molar-refractivity contribution < 1.29 is 9.21 Å². The number of furan rings is 1. The molecular formula is C17H9Cl3O2S. The van der Waals surface area contributed by atoms with Gasteiger partial charge in [0.15, 0.2) is 5.78 Å². The van der Waals surface area contributed by atoms with Crippen LogP contribution in [-0.4, -0.2) is 5.78 Å². The van der Waals surface area contributed by atoms with Crippen LogP contribution in [0.1, 0.15) is 15.4 Å². The largest absolute Gasteiger partial charge is 0.457 e. The number of thiophene rings is 1. The van der Waals surface area contributed by atoms with Gasteiger partial charge in [-0.1, -0.05) is 40.9 Å². The van der Waals surface area contributed by atoms with Crippen LogP contribution in [0.5, 0.6) is 0 Å². The van der Waals surface area contributed by atoms with Crippen LogP contribution < -0.4 is 0 Å². The van der Waals surface area contributed by atoms with E-state index in [0.29, 0.717) is 36.3 Å². The molecule has 0 amide bonds. The highest BCUT2D eigenvalue weighted by molar-refractivity contribution is 7.18. The lowest BCUT2D eigenvalue weighted by molar-refractivity contribution is 0.105.